The smallest absolute Gasteiger partial charge is 0.0294 e. The number of hydrogen-bond donors (Lipinski definition) is 1. The summed E-state index contributed by atoms with van der Waals surface area (Å²) >= 11 is 0. The predicted molar refractivity (Wildman–Crippen MR) is 71.0 cm³/mol. The molecule has 3 atom stereocenters. The van der Waals surface area contributed by atoms with Crippen molar-refractivity contribution in [3.8, 4) is 0 Å². The summed E-state index contributed by atoms with van der Waals surface area (Å²) in [5, 5.41) is 3.52. The Hall–Kier alpha value is -0.670. The molecule has 0 spiro atoms. The first-order valence-corrected chi connectivity index (χ1v) is 7.43. The summed E-state index contributed by atoms with van der Waals surface area (Å²) in [7, 11) is -0.685. The maximum atomic E-state index is 11.0. The summed E-state index contributed by atoms with van der Waals surface area (Å²) in [5.41, 5.74) is 1.30. The largest absolute Gasteiger partial charge is 0.308 e. The van der Waals surface area contributed by atoms with Crippen LogP contribution in [0.3, 0.4) is 0 Å². The molecule has 1 aromatic carbocycles. The van der Waals surface area contributed by atoms with Gasteiger partial charge in [-0.2, -0.15) is 0 Å². The maximum absolute atomic E-state index is 11.0. The van der Waals surface area contributed by atoms with Crippen molar-refractivity contribution in [1.29, 1.82) is 0 Å². The molecule has 1 aromatic rings. The van der Waals surface area contributed by atoms with Crippen LogP contribution in [0.4, 0.5) is 0 Å². The number of nitrogens with one attached hydrogen (secondary N) is 1. The van der Waals surface area contributed by atoms with Crippen LogP contribution in [0.25, 0.3) is 0 Å². The Labute approximate surface area is 101 Å². The molecule has 0 amide bonds. The molecule has 2 nitrogen and oxygen atoms in total. The first-order chi connectivity index (χ1) is 7.59. The van der Waals surface area contributed by atoms with Crippen molar-refractivity contribution in [1.82, 2.24) is 5.32 Å². The lowest BCUT2D eigenvalue weighted by Crippen LogP contribution is -2.30. The Morgan fingerprint density at radius 3 is 2.44 bits per heavy atom. The quantitative estimate of drug-likeness (QED) is 0.826. The van der Waals surface area contributed by atoms with Gasteiger partial charge < -0.3 is 5.32 Å². The SMILES string of the molecule is CC(CCS(C)=O)NC(C)c1ccccc1. The van der Waals surface area contributed by atoms with Crippen molar-refractivity contribution < 1.29 is 4.21 Å². The second-order valence-corrected chi connectivity index (χ2v) is 5.82. The molecule has 0 aliphatic carbocycles. The number of benzene rings is 1. The van der Waals surface area contributed by atoms with Crippen molar-refractivity contribution in [2.24, 2.45) is 0 Å². The van der Waals surface area contributed by atoms with Gasteiger partial charge in [-0.1, -0.05) is 30.3 Å². The van der Waals surface area contributed by atoms with E-state index in [1.165, 1.54) is 5.56 Å². The van der Waals surface area contributed by atoms with Crippen molar-refractivity contribution in [3.05, 3.63) is 35.9 Å². The Morgan fingerprint density at radius 1 is 1.25 bits per heavy atom. The van der Waals surface area contributed by atoms with Gasteiger partial charge in [0.15, 0.2) is 0 Å². The van der Waals surface area contributed by atoms with Crippen molar-refractivity contribution in [3.63, 3.8) is 0 Å². The highest BCUT2D eigenvalue weighted by atomic mass is 32.2. The molecule has 0 radical (unpaired) electrons. The number of hydrogen-bond acceptors (Lipinski definition) is 2. The average Bonchev–Trinajstić information content (AvgIpc) is 2.27. The Balaban J connectivity index is 2.39. The van der Waals surface area contributed by atoms with Crippen LogP contribution in [0.15, 0.2) is 30.3 Å². The predicted octanol–water partition coefficient (Wildman–Crippen LogP) is 2.49. The van der Waals surface area contributed by atoms with Crippen LogP contribution in [-0.2, 0) is 10.8 Å². The summed E-state index contributed by atoms with van der Waals surface area (Å²) in [6, 6.07) is 11.1. The van der Waals surface area contributed by atoms with Crippen molar-refractivity contribution in [2.75, 3.05) is 12.0 Å². The minimum atomic E-state index is -0.685. The normalized spacial score (nSPS) is 16.7. The van der Waals surface area contributed by atoms with E-state index in [0.29, 0.717) is 12.1 Å². The van der Waals surface area contributed by atoms with Gasteiger partial charge in [-0.05, 0) is 25.8 Å². The minimum Gasteiger partial charge on any atom is -0.308 e. The molecule has 3 heteroatoms. The zero-order valence-corrected chi connectivity index (χ0v) is 11.1. The molecule has 0 heterocycles. The molecular formula is C13H21NOS. The summed E-state index contributed by atoms with van der Waals surface area (Å²) in [6.07, 6.45) is 2.72. The molecule has 0 saturated carbocycles. The zero-order valence-electron chi connectivity index (χ0n) is 10.3. The summed E-state index contributed by atoms with van der Waals surface area (Å²) in [4.78, 5) is 0. The average molecular weight is 239 g/mol. The van der Waals surface area contributed by atoms with E-state index < -0.39 is 10.8 Å². The van der Waals surface area contributed by atoms with E-state index in [1.807, 2.05) is 6.07 Å². The highest BCUT2D eigenvalue weighted by molar-refractivity contribution is 7.84. The lowest BCUT2D eigenvalue weighted by Gasteiger charge is -2.20. The Kier molecular flexibility index (Phi) is 5.71. The van der Waals surface area contributed by atoms with E-state index in [9.17, 15) is 4.21 Å². The molecule has 0 saturated heterocycles. The number of rotatable bonds is 6. The van der Waals surface area contributed by atoms with Gasteiger partial charge in [0.25, 0.3) is 0 Å². The van der Waals surface area contributed by atoms with Gasteiger partial charge in [0.1, 0.15) is 0 Å². The van der Waals surface area contributed by atoms with Crippen LogP contribution < -0.4 is 5.32 Å². The molecule has 1 N–H and O–H groups in total. The van der Waals surface area contributed by atoms with Crippen LogP contribution in [0, 0.1) is 0 Å². The van der Waals surface area contributed by atoms with E-state index in [4.69, 9.17) is 0 Å². The Bertz CT molecular complexity index is 326. The van der Waals surface area contributed by atoms with Crippen LogP contribution in [-0.4, -0.2) is 22.3 Å². The van der Waals surface area contributed by atoms with Crippen LogP contribution >= 0.6 is 0 Å². The lowest BCUT2D eigenvalue weighted by molar-refractivity contribution is 0.470. The highest BCUT2D eigenvalue weighted by Crippen LogP contribution is 2.12. The molecule has 0 aromatic heterocycles. The van der Waals surface area contributed by atoms with Gasteiger partial charge in [-0.15, -0.1) is 0 Å². The summed E-state index contributed by atoms with van der Waals surface area (Å²) in [5.74, 6) is 0.773. The van der Waals surface area contributed by atoms with Crippen molar-refractivity contribution in [2.45, 2.75) is 32.4 Å². The molecule has 0 fully saturated rings. The molecule has 0 bridgehead atoms. The van der Waals surface area contributed by atoms with E-state index in [1.54, 1.807) is 6.26 Å². The minimum absolute atomic E-state index is 0.349. The van der Waals surface area contributed by atoms with Crippen molar-refractivity contribution >= 4 is 10.8 Å². The maximum Gasteiger partial charge on any atom is 0.0294 e. The van der Waals surface area contributed by atoms with Crippen LogP contribution in [0.5, 0.6) is 0 Å². The third kappa shape index (κ3) is 4.90. The fraction of sp³-hybridized carbons (Fsp3) is 0.538. The van der Waals surface area contributed by atoms with Gasteiger partial charge in [0, 0.05) is 34.9 Å². The third-order valence-corrected chi connectivity index (χ3v) is 3.48. The molecule has 0 aliphatic rings. The standard InChI is InChI=1S/C13H21NOS/c1-11(9-10-16(3)15)14-12(2)13-7-5-4-6-8-13/h4-8,11-12,14H,9-10H2,1-3H3. The first kappa shape index (κ1) is 13.4. The highest BCUT2D eigenvalue weighted by Gasteiger charge is 2.09. The van der Waals surface area contributed by atoms with Gasteiger partial charge >= 0.3 is 0 Å². The van der Waals surface area contributed by atoms with Gasteiger partial charge in [0.2, 0.25) is 0 Å². The van der Waals surface area contributed by atoms with E-state index in [-0.39, 0.29) is 0 Å². The van der Waals surface area contributed by atoms with Gasteiger partial charge in [-0.25, -0.2) is 0 Å². The van der Waals surface area contributed by atoms with Crippen LogP contribution in [0.1, 0.15) is 31.9 Å². The topological polar surface area (TPSA) is 29.1 Å². The van der Waals surface area contributed by atoms with Gasteiger partial charge in [-0.3, -0.25) is 4.21 Å². The monoisotopic (exact) mass is 239 g/mol. The second-order valence-electron chi connectivity index (χ2n) is 4.27. The van der Waals surface area contributed by atoms with Gasteiger partial charge in [0.05, 0.1) is 0 Å². The zero-order chi connectivity index (χ0) is 12.0. The Morgan fingerprint density at radius 2 is 1.88 bits per heavy atom. The molecule has 90 valence electrons. The fourth-order valence-electron chi connectivity index (χ4n) is 1.69. The molecular weight excluding hydrogens is 218 g/mol. The molecule has 1 rings (SSSR count). The first-order valence-electron chi connectivity index (χ1n) is 5.70. The lowest BCUT2D eigenvalue weighted by atomic mass is 10.1. The van der Waals surface area contributed by atoms with E-state index in [0.717, 1.165) is 12.2 Å². The van der Waals surface area contributed by atoms with Crippen LogP contribution in [0.2, 0.25) is 0 Å². The molecule has 0 aliphatic heterocycles. The molecule has 16 heavy (non-hydrogen) atoms. The summed E-state index contributed by atoms with van der Waals surface area (Å²) in [6.45, 7) is 4.31. The van der Waals surface area contributed by atoms with E-state index >= 15 is 0 Å². The third-order valence-electron chi connectivity index (χ3n) is 2.67. The second kappa shape index (κ2) is 6.81. The molecule has 3 unspecified atom stereocenters. The van der Waals surface area contributed by atoms with E-state index in [2.05, 4.69) is 43.4 Å². The summed E-state index contributed by atoms with van der Waals surface area (Å²) < 4.78 is 11.0. The fourth-order valence-corrected chi connectivity index (χ4v) is 2.38.